The maximum atomic E-state index is 12.8. The van der Waals surface area contributed by atoms with Crippen LogP contribution in [0.15, 0.2) is 24.3 Å². The Morgan fingerprint density at radius 1 is 1.38 bits per heavy atom. The van der Waals surface area contributed by atoms with Gasteiger partial charge in [0.05, 0.1) is 23.2 Å². The number of hydrogen-bond acceptors (Lipinski definition) is 5. The Kier molecular flexibility index (Phi) is 5.94. The lowest BCUT2D eigenvalue weighted by Gasteiger charge is -2.41. The number of methoxy groups -OCH3 is 1. The largest absolute Gasteiger partial charge is 0.497 e. The molecular formula is C20H27N3O2S. The molecule has 2 N–H and O–H groups in total. The third kappa shape index (κ3) is 4.24. The summed E-state index contributed by atoms with van der Waals surface area (Å²) in [6.07, 6.45) is 2.56. The summed E-state index contributed by atoms with van der Waals surface area (Å²) < 4.78 is 5.29. The SMILES string of the molecule is COc1cccc(CC2(C(=O)NCCCc3nc(C)c(C)s3)CNC2)c1. The average molecular weight is 374 g/mol. The second-order valence-electron chi connectivity index (χ2n) is 7.02. The van der Waals surface area contributed by atoms with Gasteiger partial charge in [-0.15, -0.1) is 11.3 Å². The zero-order valence-corrected chi connectivity index (χ0v) is 16.5. The minimum absolute atomic E-state index is 0.144. The minimum atomic E-state index is -0.347. The molecule has 0 spiro atoms. The van der Waals surface area contributed by atoms with Crippen molar-refractivity contribution in [1.29, 1.82) is 0 Å². The van der Waals surface area contributed by atoms with Crippen LogP contribution in [0.25, 0.3) is 0 Å². The van der Waals surface area contributed by atoms with Crippen LogP contribution in [-0.4, -0.2) is 37.6 Å². The third-order valence-corrected chi connectivity index (χ3v) is 6.14. The smallest absolute Gasteiger partial charge is 0.229 e. The van der Waals surface area contributed by atoms with Crippen molar-refractivity contribution in [1.82, 2.24) is 15.6 Å². The van der Waals surface area contributed by atoms with Gasteiger partial charge in [0.25, 0.3) is 0 Å². The van der Waals surface area contributed by atoms with E-state index in [1.165, 1.54) is 4.88 Å². The minimum Gasteiger partial charge on any atom is -0.497 e. The van der Waals surface area contributed by atoms with E-state index in [2.05, 4.69) is 28.6 Å². The first-order valence-corrected chi connectivity index (χ1v) is 9.89. The summed E-state index contributed by atoms with van der Waals surface area (Å²) in [6.45, 7) is 6.28. The summed E-state index contributed by atoms with van der Waals surface area (Å²) >= 11 is 1.75. The molecule has 1 aromatic heterocycles. The molecule has 0 aliphatic carbocycles. The number of carbonyl (C=O) groups is 1. The fourth-order valence-corrected chi connectivity index (χ4v) is 4.22. The van der Waals surface area contributed by atoms with Crippen LogP contribution in [0.4, 0.5) is 0 Å². The first-order valence-electron chi connectivity index (χ1n) is 9.07. The number of hydrogen-bond donors (Lipinski definition) is 2. The summed E-state index contributed by atoms with van der Waals surface area (Å²) in [7, 11) is 1.66. The van der Waals surface area contributed by atoms with Gasteiger partial charge in [0.1, 0.15) is 5.75 Å². The molecule has 2 heterocycles. The van der Waals surface area contributed by atoms with E-state index in [0.717, 1.165) is 54.4 Å². The quantitative estimate of drug-likeness (QED) is 0.699. The predicted octanol–water partition coefficient (Wildman–Crippen LogP) is 2.65. The van der Waals surface area contributed by atoms with Crippen molar-refractivity contribution in [3.63, 3.8) is 0 Å². The second kappa shape index (κ2) is 8.18. The van der Waals surface area contributed by atoms with E-state index in [1.807, 2.05) is 25.1 Å². The van der Waals surface area contributed by atoms with Gasteiger partial charge in [0.2, 0.25) is 5.91 Å². The zero-order chi connectivity index (χ0) is 18.6. The number of aromatic nitrogens is 1. The maximum absolute atomic E-state index is 12.8. The summed E-state index contributed by atoms with van der Waals surface area (Å²) in [4.78, 5) is 18.6. The number of benzene rings is 1. The third-order valence-electron chi connectivity index (χ3n) is 5.01. The van der Waals surface area contributed by atoms with E-state index < -0.39 is 0 Å². The molecule has 1 aliphatic rings. The maximum Gasteiger partial charge on any atom is 0.229 e. The summed E-state index contributed by atoms with van der Waals surface area (Å²) in [5, 5.41) is 7.55. The molecule has 3 rings (SSSR count). The van der Waals surface area contributed by atoms with Crippen molar-refractivity contribution in [3.05, 3.63) is 45.4 Å². The van der Waals surface area contributed by atoms with E-state index in [0.29, 0.717) is 6.54 Å². The van der Waals surface area contributed by atoms with Gasteiger partial charge in [-0.1, -0.05) is 12.1 Å². The molecule has 2 aromatic rings. The number of nitrogens with zero attached hydrogens (tertiary/aromatic N) is 1. The highest BCUT2D eigenvalue weighted by Crippen LogP contribution is 2.29. The van der Waals surface area contributed by atoms with Crippen molar-refractivity contribution in [2.45, 2.75) is 33.1 Å². The molecule has 0 radical (unpaired) electrons. The van der Waals surface area contributed by atoms with Crippen LogP contribution < -0.4 is 15.4 Å². The van der Waals surface area contributed by atoms with E-state index >= 15 is 0 Å². The molecule has 0 saturated carbocycles. The molecule has 140 valence electrons. The van der Waals surface area contributed by atoms with Crippen LogP contribution >= 0.6 is 11.3 Å². The summed E-state index contributed by atoms with van der Waals surface area (Å²) in [6, 6.07) is 7.98. The monoisotopic (exact) mass is 373 g/mol. The number of amides is 1. The van der Waals surface area contributed by atoms with Gasteiger partial charge in [0.15, 0.2) is 0 Å². The Balaban J connectivity index is 1.51. The summed E-state index contributed by atoms with van der Waals surface area (Å²) in [5.41, 5.74) is 1.90. The molecule has 1 amide bonds. The van der Waals surface area contributed by atoms with Crippen LogP contribution in [-0.2, 0) is 17.6 Å². The highest BCUT2D eigenvalue weighted by Gasteiger charge is 2.44. The van der Waals surface area contributed by atoms with Crippen molar-refractivity contribution < 1.29 is 9.53 Å². The topological polar surface area (TPSA) is 63.2 Å². The Bertz CT molecular complexity index is 749. The van der Waals surface area contributed by atoms with Gasteiger partial charge in [-0.2, -0.15) is 0 Å². The van der Waals surface area contributed by atoms with Gasteiger partial charge in [0, 0.05) is 30.9 Å². The Morgan fingerprint density at radius 2 is 2.19 bits per heavy atom. The molecule has 1 fully saturated rings. The van der Waals surface area contributed by atoms with Gasteiger partial charge in [-0.3, -0.25) is 4.79 Å². The van der Waals surface area contributed by atoms with Gasteiger partial charge < -0.3 is 15.4 Å². The van der Waals surface area contributed by atoms with Crippen LogP contribution in [0, 0.1) is 19.3 Å². The van der Waals surface area contributed by atoms with E-state index in [4.69, 9.17) is 4.74 Å². The normalized spacial score (nSPS) is 15.3. The van der Waals surface area contributed by atoms with E-state index in [-0.39, 0.29) is 11.3 Å². The molecule has 1 aliphatic heterocycles. The lowest BCUT2D eigenvalue weighted by atomic mass is 9.75. The standard InChI is InChI=1S/C20H27N3O2S/c1-14-15(2)26-18(23-14)8-5-9-22-19(24)20(12-21-13-20)11-16-6-4-7-17(10-16)25-3/h4,6-7,10,21H,5,8-9,11-13H2,1-3H3,(H,22,24). The Morgan fingerprint density at radius 3 is 2.81 bits per heavy atom. The molecular weight excluding hydrogens is 346 g/mol. The molecule has 0 bridgehead atoms. The molecule has 1 saturated heterocycles. The lowest BCUT2D eigenvalue weighted by Crippen LogP contribution is -2.62. The van der Waals surface area contributed by atoms with Crippen LogP contribution in [0.3, 0.4) is 0 Å². The molecule has 1 aromatic carbocycles. The number of carbonyl (C=O) groups excluding carboxylic acids is 1. The number of nitrogens with one attached hydrogen (secondary N) is 2. The Labute approximate surface area is 159 Å². The fourth-order valence-electron chi connectivity index (χ4n) is 3.24. The molecule has 26 heavy (non-hydrogen) atoms. The lowest BCUT2D eigenvalue weighted by molar-refractivity contribution is -0.133. The van der Waals surface area contributed by atoms with Gasteiger partial charge >= 0.3 is 0 Å². The zero-order valence-electron chi connectivity index (χ0n) is 15.7. The molecule has 0 unspecified atom stereocenters. The van der Waals surface area contributed by atoms with Gasteiger partial charge in [-0.05, 0) is 44.4 Å². The summed E-state index contributed by atoms with van der Waals surface area (Å²) in [5.74, 6) is 0.977. The van der Waals surface area contributed by atoms with E-state index in [1.54, 1.807) is 18.4 Å². The first-order chi connectivity index (χ1) is 12.5. The van der Waals surface area contributed by atoms with Crippen LogP contribution in [0.1, 0.15) is 27.6 Å². The molecule has 5 nitrogen and oxygen atoms in total. The van der Waals surface area contributed by atoms with E-state index in [9.17, 15) is 4.79 Å². The number of ether oxygens (including phenoxy) is 1. The van der Waals surface area contributed by atoms with Crippen molar-refractivity contribution in [2.24, 2.45) is 5.41 Å². The molecule has 6 heteroatoms. The number of thiazole rings is 1. The highest BCUT2D eigenvalue weighted by atomic mass is 32.1. The van der Waals surface area contributed by atoms with Crippen LogP contribution in [0.5, 0.6) is 5.75 Å². The second-order valence-corrected chi connectivity index (χ2v) is 8.31. The Hall–Kier alpha value is -1.92. The average Bonchev–Trinajstić information content (AvgIpc) is 2.93. The van der Waals surface area contributed by atoms with Crippen molar-refractivity contribution in [3.8, 4) is 5.75 Å². The van der Waals surface area contributed by atoms with Gasteiger partial charge in [-0.25, -0.2) is 4.98 Å². The van der Waals surface area contributed by atoms with Crippen molar-refractivity contribution >= 4 is 17.2 Å². The highest BCUT2D eigenvalue weighted by molar-refractivity contribution is 7.11. The molecule has 0 atom stereocenters. The van der Waals surface area contributed by atoms with Crippen molar-refractivity contribution in [2.75, 3.05) is 26.7 Å². The fraction of sp³-hybridized carbons (Fsp3) is 0.500. The predicted molar refractivity (Wildman–Crippen MR) is 105 cm³/mol. The number of aryl methyl sites for hydroxylation is 3. The van der Waals surface area contributed by atoms with Crippen LogP contribution in [0.2, 0.25) is 0 Å². The first kappa shape index (κ1) is 18.9. The number of rotatable bonds is 8.